The molecule has 0 radical (unpaired) electrons. The lowest BCUT2D eigenvalue weighted by Crippen LogP contribution is -2.49. The Balaban J connectivity index is 1.28. The van der Waals surface area contributed by atoms with Crippen molar-refractivity contribution in [2.45, 2.75) is 44.3 Å². The molecular formula is C22H29ClN4O. The third-order valence-corrected chi connectivity index (χ3v) is 6.33. The minimum absolute atomic E-state index is 0.0971. The molecule has 3 heterocycles. The highest BCUT2D eigenvalue weighted by Gasteiger charge is 2.32. The number of halogens is 1. The first-order chi connectivity index (χ1) is 13.6. The highest BCUT2D eigenvalue weighted by atomic mass is 35.5. The van der Waals surface area contributed by atoms with E-state index in [2.05, 4.69) is 52.3 Å². The van der Waals surface area contributed by atoms with Crippen molar-refractivity contribution in [3.8, 4) is 0 Å². The second-order valence-corrected chi connectivity index (χ2v) is 8.46. The van der Waals surface area contributed by atoms with Crippen LogP contribution in [0.5, 0.6) is 0 Å². The van der Waals surface area contributed by atoms with Gasteiger partial charge >= 0.3 is 6.03 Å². The van der Waals surface area contributed by atoms with Gasteiger partial charge in [-0.25, -0.2) is 4.79 Å². The van der Waals surface area contributed by atoms with Crippen molar-refractivity contribution in [2.75, 3.05) is 19.6 Å². The average molecular weight is 401 g/mol. The Hall–Kier alpha value is -1.98. The Kier molecular flexibility index (Phi) is 5.93. The fourth-order valence-electron chi connectivity index (χ4n) is 4.48. The molecule has 2 amide bonds. The fraction of sp³-hybridized carbons (Fsp3) is 0.500. The van der Waals surface area contributed by atoms with E-state index in [1.165, 1.54) is 11.3 Å². The molecule has 6 heteroatoms. The predicted octanol–water partition coefficient (Wildman–Crippen LogP) is 4.19. The number of hydrogen-bond donors (Lipinski definition) is 1. The van der Waals surface area contributed by atoms with Crippen LogP contribution in [0.3, 0.4) is 0 Å². The van der Waals surface area contributed by atoms with Gasteiger partial charge in [0, 0.05) is 56.2 Å². The summed E-state index contributed by atoms with van der Waals surface area (Å²) in [6.45, 7) is 3.81. The Bertz CT molecular complexity index is 795. The molecule has 1 unspecified atom stereocenters. The summed E-state index contributed by atoms with van der Waals surface area (Å²) in [5.41, 5.74) is 2.51. The maximum atomic E-state index is 12.9. The molecule has 28 heavy (non-hydrogen) atoms. The lowest BCUT2D eigenvalue weighted by atomic mass is 10.0. The number of carbonyl (C=O) groups is 1. The van der Waals surface area contributed by atoms with Gasteiger partial charge in [-0.1, -0.05) is 23.7 Å². The quantitative estimate of drug-likeness (QED) is 0.835. The minimum Gasteiger partial charge on any atom is -0.353 e. The van der Waals surface area contributed by atoms with E-state index >= 15 is 0 Å². The monoisotopic (exact) mass is 400 g/mol. The fourth-order valence-corrected chi connectivity index (χ4v) is 4.60. The van der Waals surface area contributed by atoms with Crippen LogP contribution in [-0.2, 0) is 13.6 Å². The van der Waals surface area contributed by atoms with E-state index in [9.17, 15) is 4.79 Å². The molecule has 0 aliphatic carbocycles. The van der Waals surface area contributed by atoms with Crippen LogP contribution in [0.1, 0.15) is 43.0 Å². The van der Waals surface area contributed by atoms with Gasteiger partial charge in [-0.2, -0.15) is 0 Å². The summed E-state index contributed by atoms with van der Waals surface area (Å²) in [6.07, 6.45) is 6.18. The number of rotatable bonds is 4. The molecule has 2 saturated heterocycles. The van der Waals surface area contributed by atoms with Gasteiger partial charge < -0.3 is 14.8 Å². The smallest absolute Gasteiger partial charge is 0.318 e. The molecule has 4 rings (SSSR count). The van der Waals surface area contributed by atoms with Gasteiger partial charge in [-0.3, -0.25) is 4.90 Å². The second kappa shape index (κ2) is 8.58. The molecular weight excluding hydrogens is 372 g/mol. The summed E-state index contributed by atoms with van der Waals surface area (Å²) in [5, 5.41) is 4.08. The van der Waals surface area contributed by atoms with E-state index in [-0.39, 0.29) is 18.1 Å². The molecule has 2 aliphatic heterocycles. The van der Waals surface area contributed by atoms with Crippen LogP contribution in [0.2, 0.25) is 5.02 Å². The van der Waals surface area contributed by atoms with Crippen LogP contribution in [0.25, 0.3) is 0 Å². The average Bonchev–Trinajstić information content (AvgIpc) is 3.33. The third-order valence-electron chi connectivity index (χ3n) is 6.07. The van der Waals surface area contributed by atoms with Crippen LogP contribution < -0.4 is 5.32 Å². The largest absolute Gasteiger partial charge is 0.353 e. The predicted molar refractivity (Wildman–Crippen MR) is 112 cm³/mol. The van der Waals surface area contributed by atoms with Gasteiger partial charge in [0.25, 0.3) is 0 Å². The molecule has 1 atom stereocenters. The van der Waals surface area contributed by atoms with E-state index in [0.29, 0.717) is 0 Å². The van der Waals surface area contributed by atoms with Gasteiger partial charge in [0.1, 0.15) is 0 Å². The summed E-state index contributed by atoms with van der Waals surface area (Å²) in [7, 11) is 2.06. The van der Waals surface area contributed by atoms with E-state index in [1.54, 1.807) is 0 Å². The minimum atomic E-state index is 0.0971. The standard InChI is InChI=1S/C22H29ClN4O/c1-25-12-2-4-20(25)21-5-3-13-27(21)22(28)24-19-10-14-26(15-11-19)16-17-6-8-18(23)9-7-17/h2,4,6-9,12,19,21H,3,5,10-11,13-16H2,1H3,(H,24,28). The first kappa shape index (κ1) is 19.3. The number of benzene rings is 1. The van der Waals surface area contributed by atoms with E-state index in [4.69, 9.17) is 11.6 Å². The summed E-state index contributed by atoms with van der Waals surface area (Å²) in [6, 6.07) is 12.8. The topological polar surface area (TPSA) is 40.5 Å². The van der Waals surface area contributed by atoms with Crippen molar-refractivity contribution in [3.05, 3.63) is 58.9 Å². The summed E-state index contributed by atoms with van der Waals surface area (Å²) >= 11 is 5.97. The normalized spacial score (nSPS) is 21.2. The van der Waals surface area contributed by atoms with Gasteiger partial charge in [0.05, 0.1) is 6.04 Å². The molecule has 0 spiro atoms. The number of amides is 2. The second-order valence-electron chi connectivity index (χ2n) is 8.02. The van der Waals surface area contributed by atoms with Gasteiger partial charge in [-0.15, -0.1) is 0 Å². The van der Waals surface area contributed by atoms with Crippen molar-refractivity contribution in [1.82, 2.24) is 19.7 Å². The van der Waals surface area contributed by atoms with Crippen LogP contribution in [0.15, 0.2) is 42.6 Å². The summed E-state index contributed by atoms with van der Waals surface area (Å²) < 4.78 is 2.13. The van der Waals surface area contributed by atoms with Crippen molar-refractivity contribution in [3.63, 3.8) is 0 Å². The van der Waals surface area contributed by atoms with Crippen molar-refractivity contribution in [2.24, 2.45) is 7.05 Å². The van der Waals surface area contributed by atoms with Gasteiger partial charge in [-0.05, 0) is 55.5 Å². The molecule has 1 aromatic heterocycles. The number of carbonyl (C=O) groups excluding carboxylic acids is 1. The third kappa shape index (κ3) is 4.36. The Labute approximate surface area is 172 Å². The van der Waals surface area contributed by atoms with Crippen LogP contribution in [0.4, 0.5) is 4.79 Å². The molecule has 1 aromatic carbocycles. The highest BCUT2D eigenvalue weighted by Crippen LogP contribution is 2.32. The number of hydrogen-bond acceptors (Lipinski definition) is 2. The Morgan fingerprint density at radius 1 is 1.11 bits per heavy atom. The zero-order valence-corrected chi connectivity index (χ0v) is 17.2. The number of piperidine rings is 1. The Morgan fingerprint density at radius 2 is 1.86 bits per heavy atom. The molecule has 0 bridgehead atoms. The number of aromatic nitrogens is 1. The summed E-state index contributed by atoms with van der Waals surface area (Å²) in [4.78, 5) is 17.4. The van der Waals surface area contributed by atoms with Crippen LogP contribution in [-0.4, -0.2) is 46.1 Å². The maximum Gasteiger partial charge on any atom is 0.318 e. The molecule has 2 aliphatic rings. The van der Waals surface area contributed by atoms with E-state index < -0.39 is 0 Å². The zero-order chi connectivity index (χ0) is 19.5. The number of urea groups is 1. The number of nitrogens with zero attached hydrogens (tertiary/aromatic N) is 3. The van der Waals surface area contributed by atoms with Crippen molar-refractivity contribution < 1.29 is 4.79 Å². The Morgan fingerprint density at radius 3 is 2.54 bits per heavy atom. The van der Waals surface area contributed by atoms with Crippen LogP contribution in [0, 0.1) is 0 Å². The maximum absolute atomic E-state index is 12.9. The summed E-state index contributed by atoms with van der Waals surface area (Å²) in [5.74, 6) is 0. The van der Waals surface area contributed by atoms with Crippen molar-refractivity contribution >= 4 is 17.6 Å². The number of aryl methyl sites for hydroxylation is 1. The lowest BCUT2D eigenvalue weighted by molar-refractivity contribution is 0.165. The highest BCUT2D eigenvalue weighted by molar-refractivity contribution is 6.30. The van der Waals surface area contributed by atoms with Gasteiger partial charge in [0.15, 0.2) is 0 Å². The lowest BCUT2D eigenvalue weighted by Gasteiger charge is -2.34. The first-order valence-electron chi connectivity index (χ1n) is 10.3. The van der Waals surface area contributed by atoms with Gasteiger partial charge in [0.2, 0.25) is 0 Å². The zero-order valence-electron chi connectivity index (χ0n) is 16.5. The molecule has 2 fully saturated rings. The number of likely N-dealkylation sites (tertiary alicyclic amines) is 2. The van der Waals surface area contributed by atoms with Crippen molar-refractivity contribution in [1.29, 1.82) is 0 Å². The van der Waals surface area contributed by atoms with E-state index in [1.807, 2.05) is 17.0 Å². The van der Waals surface area contributed by atoms with E-state index in [0.717, 1.165) is 56.9 Å². The molecule has 5 nitrogen and oxygen atoms in total. The molecule has 0 saturated carbocycles. The SMILES string of the molecule is Cn1cccc1C1CCCN1C(=O)NC1CCN(Cc2ccc(Cl)cc2)CC1. The van der Waals surface area contributed by atoms with Crippen LogP contribution >= 0.6 is 11.6 Å². The number of nitrogens with one attached hydrogen (secondary N) is 1. The molecule has 150 valence electrons. The first-order valence-corrected chi connectivity index (χ1v) is 10.6. The molecule has 1 N–H and O–H groups in total. The molecule has 2 aromatic rings.